The Morgan fingerprint density at radius 2 is 2.28 bits per heavy atom. The van der Waals surface area contributed by atoms with E-state index in [1.165, 1.54) is 11.3 Å². The molecule has 3 aromatic rings. The summed E-state index contributed by atoms with van der Waals surface area (Å²) in [4.78, 5) is 4.75. The highest BCUT2D eigenvalue weighted by atomic mass is 79.9. The molecule has 18 heavy (non-hydrogen) atoms. The summed E-state index contributed by atoms with van der Waals surface area (Å²) in [5.74, 6) is 1.06. The second-order valence-corrected chi connectivity index (χ2v) is 5.55. The van der Waals surface area contributed by atoms with Crippen molar-refractivity contribution >= 4 is 21.6 Å². The molecule has 4 heteroatoms. The summed E-state index contributed by atoms with van der Waals surface area (Å²) in [5, 5.41) is 0. The Morgan fingerprint density at radius 3 is 3.17 bits per heavy atom. The average Bonchev–Trinajstić information content (AvgIpc) is 2.93. The van der Waals surface area contributed by atoms with Crippen molar-refractivity contribution in [2.45, 2.75) is 19.8 Å². The van der Waals surface area contributed by atoms with Crippen LogP contribution in [-0.4, -0.2) is 9.38 Å². The normalized spacial score (nSPS) is 13.7. The van der Waals surface area contributed by atoms with Crippen LogP contribution in [0.2, 0.25) is 0 Å². The Hall–Kier alpha value is -1.55. The molecule has 0 unspecified atom stereocenters. The molecule has 0 fully saturated rings. The number of furan rings is 1. The molecule has 0 amide bonds. The molecule has 0 N–H and O–H groups in total. The van der Waals surface area contributed by atoms with Gasteiger partial charge in [0.2, 0.25) is 0 Å². The van der Waals surface area contributed by atoms with Crippen molar-refractivity contribution in [3.8, 4) is 11.3 Å². The summed E-state index contributed by atoms with van der Waals surface area (Å²) in [6, 6.07) is 4.13. The van der Waals surface area contributed by atoms with Crippen LogP contribution in [0.1, 0.15) is 17.0 Å². The highest BCUT2D eigenvalue weighted by Crippen LogP contribution is 2.35. The van der Waals surface area contributed by atoms with E-state index < -0.39 is 0 Å². The number of rotatable bonds is 0. The standard InChI is InChI=1S/C14H11BrN2O/c1-8-6-13-16-14-9-4-5-18-12(9)3-2-11(14)17(13)7-10(8)15/h4-7H,2-3H2,1H3. The van der Waals surface area contributed by atoms with E-state index in [0.717, 1.165) is 40.0 Å². The number of hydrogen-bond donors (Lipinski definition) is 0. The number of fused-ring (bicyclic) bond motifs is 5. The number of hydrogen-bond acceptors (Lipinski definition) is 2. The predicted molar refractivity (Wildman–Crippen MR) is 72.7 cm³/mol. The Morgan fingerprint density at radius 1 is 1.39 bits per heavy atom. The van der Waals surface area contributed by atoms with Crippen LogP contribution in [0, 0.1) is 6.92 Å². The van der Waals surface area contributed by atoms with Crippen molar-refractivity contribution in [1.82, 2.24) is 9.38 Å². The van der Waals surface area contributed by atoms with E-state index in [0.29, 0.717) is 0 Å². The molecule has 90 valence electrons. The van der Waals surface area contributed by atoms with Gasteiger partial charge in [0.1, 0.15) is 11.4 Å². The summed E-state index contributed by atoms with van der Waals surface area (Å²) in [7, 11) is 0. The van der Waals surface area contributed by atoms with Gasteiger partial charge in [-0.2, -0.15) is 0 Å². The van der Waals surface area contributed by atoms with Gasteiger partial charge in [0.25, 0.3) is 0 Å². The van der Waals surface area contributed by atoms with Gasteiger partial charge in [0, 0.05) is 22.7 Å². The van der Waals surface area contributed by atoms with Crippen molar-refractivity contribution in [2.24, 2.45) is 0 Å². The van der Waals surface area contributed by atoms with E-state index >= 15 is 0 Å². The van der Waals surface area contributed by atoms with Gasteiger partial charge in [-0.3, -0.25) is 0 Å². The smallest absolute Gasteiger partial charge is 0.137 e. The number of pyridine rings is 1. The molecule has 3 aromatic heterocycles. The molecule has 0 bridgehead atoms. The fourth-order valence-electron chi connectivity index (χ4n) is 2.64. The Balaban J connectivity index is 2.09. The second-order valence-electron chi connectivity index (χ2n) is 4.70. The molecule has 1 aliphatic carbocycles. The topological polar surface area (TPSA) is 30.4 Å². The van der Waals surface area contributed by atoms with E-state index in [2.05, 4.69) is 39.5 Å². The van der Waals surface area contributed by atoms with Gasteiger partial charge < -0.3 is 8.82 Å². The summed E-state index contributed by atoms with van der Waals surface area (Å²) < 4.78 is 8.80. The summed E-state index contributed by atoms with van der Waals surface area (Å²) in [6.45, 7) is 2.08. The van der Waals surface area contributed by atoms with Crippen molar-refractivity contribution in [3.05, 3.63) is 46.1 Å². The van der Waals surface area contributed by atoms with E-state index in [9.17, 15) is 0 Å². The minimum atomic E-state index is 0.953. The molecule has 0 atom stereocenters. The van der Waals surface area contributed by atoms with E-state index in [1.54, 1.807) is 6.26 Å². The fourth-order valence-corrected chi connectivity index (χ4v) is 2.96. The molecular weight excluding hydrogens is 292 g/mol. The molecule has 1 aliphatic rings. The first-order valence-corrected chi connectivity index (χ1v) is 6.77. The molecule has 3 nitrogen and oxygen atoms in total. The molecule has 0 saturated heterocycles. The van der Waals surface area contributed by atoms with Crippen LogP contribution in [0.25, 0.3) is 16.9 Å². The van der Waals surface area contributed by atoms with Crippen LogP contribution in [0.5, 0.6) is 0 Å². The highest BCUT2D eigenvalue weighted by molar-refractivity contribution is 9.10. The average molecular weight is 303 g/mol. The number of imidazole rings is 1. The second kappa shape index (κ2) is 3.48. The van der Waals surface area contributed by atoms with Gasteiger partial charge in [0.15, 0.2) is 0 Å². The van der Waals surface area contributed by atoms with Crippen LogP contribution in [0.4, 0.5) is 0 Å². The van der Waals surface area contributed by atoms with E-state index in [4.69, 9.17) is 9.40 Å². The molecule has 3 heterocycles. The van der Waals surface area contributed by atoms with Gasteiger partial charge in [0.05, 0.1) is 17.7 Å². The number of nitrogens with zero attached hydrogens (tertiary/aromatic N) is 2. The molecule has 0 aliphatic heterocycles. The number of aromatic nitrogens is 2. The van der Waals surface area contributed by atoms with Crippen LogP contribution in [0.15, 0.2) is 33.5 Å². The number of aryl methyl sites for hydroxylation is 3. The molecule has 0 radical (unpaired) electrons. The quantitative estimate of drug-likeness (QED) is 0.633. The first-order chi connectivity index (χ1) is 8.74. The van der Waals surface area contributed by atoms with Gasteiger partial charge in [-0.05, 0) is 47.0 Å². The van der Waals surface area contributed by atoms with Crippen LogP contribution >= 0.6 is 15.9 Å². The minimum Gasteiger partial charge on any atom is -0.469 e. The first kappa shape index (κ1) is 10.4. The van der Waals surface area contributed by atoms with Gasteiger partial charge in [-0.1, -0.05) is 0 Å². The summed E-state index contributed by atoms with van der Waals surface area (Å²) in [5.41, 5.74) is 5.71. The third kappa shape index (κ3) is 1.27. The van der Waals surface area contributed by atoms with Gasteiger partial charge in [-0.25, -0.2) is 4.98 Å². The minimum absolute atomic E-state index is 0.953. The van der Waals surface area contributed by atoms with Crippen molar-refractivity contribution < 1.29 is 4.42 Å². The Labute approximate surface area is 113 Å². The molecule has 4 rings (SSSR count). The lowest BCUT2D eigenvalue weighted by Crippen LogP contribution is -2.03. The molecular formula is C14H11BrN2O. The van der Waals surface area contributed by atoms with Gasteiger partial charge >= 0.3 is 0 Å². The first-order valence-electron chi connectivity index (χ1n) is 5.98. The lowest BCUT2D eigenvalue weighted by molar-refractivity contribution is 0.505. The molecule has 0 spiro atoms. The SMILES string of the molecule is Cc1cc2nc3c(n2cc1Br)CCc1occc1-3. The zero-order valence-electron chi connectivity index (χ0n) is 9.90. The third-order valence-electron chi connectivity index (χ3n) is 3.59. The van der Waals surface area contributed by atoms with Crippen molar-refractivity contribution in [1.29, 1.82) is 0 Å². The lowest BCUT2D eigenvalue weighted by atomic mass is 9.99. The van der Waals surface area contributed by atoms with Crippen LogP contribution in [-0.2, 0) is 12.8 Å². The maximum Gasteiger partial charge on any atom is 0.137 e. The summed E-state index contributed by atoms with van der Waals surface area (Å²) in [6.07, 6.45) is 5.80. The zero-order valence-corrected chi connectivity index (χ0v) is 11.5. The maximum absolute atomic E-state index is 5.50. The zero-order chi connectivity index (χ0) is 12.3. The predicted octanol–water partition coefficient (Wildman–Crippen LogP) is 3.76. The monoisotopic (exact) mass is 302 g/mol. The number of halogens is 1. The summed E-state index contributed by atoms with van der Waals surface area (Å²) >= 11 is 3.59. The molecule has 0 saturated carbocycles. The third-order valence-corrected chi connectivity index (χ3v) is 4.42. The van der Waals surface area contributed by atoms with E-state index in [1.807, 2.05) is 6.07 Å². The van der Waals surface area contributed by atoms with Crippen LogP contribution in [0.3, 0.4) is 0 Å². The van der Waals surface area contributed by atoms with Gasteiger partial charge in [-0.15, -0.1) is 0 Å². The maximum atomic E-state index is 5.50. The van der Waals surface area contributed by atoms with E-state index in [-0.39, 0.29) is 0 Å². The Kier molecular flexibility index (Phi) is 2.01. The van der Waals surface area contributed by atoms with Crippen molar-refractivity contribution in [3.63, 3.8) is 0 Å². The Bertz CT molecular complexity index is 770. The highest BCUT2D eigenvalue weighted by Gasteiger charge is 2.23. The fraction of sp³-hybridized carbons (Fsp3) is 0.214. The molecule has 0 aromatic carbocycles. The van der Waals surface area contributed by atoms with Crippen molar-refractivity contribution in [2.75, 3.05) is 0 Å². The van der Waals surface area contributed by atoms with Crippen LogP contribution < -0.4 is 0 Å². The largest absolute Gasteiger partial charge is 0.469 e. The lowest BCUT2D eigenvalue weighted by Gasteiger charge is -2.10.